The first kappa shape index (κ1) is 14.8. The molecule has 0 aromatic heterocycles. The van der Waals surface area contributed by atoms with Gasteiger partial charge >= 0.3 is 0 Å². The molecule has 2 rings (SSSR count). The second-order valence-corrected chi connectivity index (χ2v) is 5.87. The van der Waals surface area contributed by atoms with E-state index >= 15 is 0 Å². The molecule has 1 aliphatic carbocycles. The smallest absolute Gasteiger partial charge is 0.129 e. The SMILES string of the molecule is CCC1CCCC(Nc2cc(C#N)cc(F)c2C)CC1. The summed E-state index contributed by atoms with van der Waals surface area (Å²) in [6.45, 7) is 4.03. The summed E-state index contributed by atoms with van der Waals surface area (Å²) in [7, 11) is 0. The van der Waals surface area contributed by atoms with Crippen molar-refractivity contribution >= 4 is 5.69 Å². The first-order valence-corrected chi connectivity index (χ1v) is 7.60. The third-order valence-electron chi connectivity index (χ3n) is 4.50. The Labute approximate surface area is 121 Å². The number of nitrogens with one attached hydrogen (secondary N) is 1. The number of rotatable bonds is 3. The minimum absolute atomic E-state index is 0.299. The van der Waals surface area contributed by atoms with E-state index in [0.29, 0.717) is 17.2 Å². The first-order valence-electron chi connectivity index (χ1n) is 7.60. The fourth-order valence-electron chi connectivity index (χ4n) is 3.04. The van der Waals surface area contributed by atoms with Gasteiger partial charge in [0.1, 0.15) is 5.82 Å². The lowest BCUT2D eigenvalue weighted by Gasteiger charge is -2.20. The summed E-state index contributed by atoms with van der Waals surface area (Å²) < 4.78 is 13.8. The van der Waals surface area contributed by atoms with Crippen LogP contribution in [0.25, 0.3) is 0 Å². The van der Waals surface area contributed by atoms with Crippen LogP contribution in [0.4, 0.5) is 10.1 Å². The van der Waals surface area contributed by atoms with Gasteiger partial charge in [-0.25, -0.2) is 4.39 Å². The van der Waals surface area contributed by atoms with Gasteiger partial charge in [-0.3, -0.25) is 0 Å². The molecule has 1 aromatic carbocycles. The number of nitriles is 1. The van der Waals surface area contributed by atoms with Crippen molar-refractivity contribution in [1.82, 2.24) is 0 Å². The monoisotopic (exact) mass is 274 g/mol. The van der Waals surface area contributed by atoms with Crippen molar-refractivity contribution in [3.05, 3.63) is 29.1 Å². The van der Waals surface area contributed by atoms with E-state index < -0.39 is 0 Å². The molecule has 108 valence electrons. The number of nitrogens with zero attached hydrogens (tertiary/aromatic N) is 1. The predicted octanol–water partition coefficient (Wildman–Crippen LogP) is 4.78. The highest BCUT2D eigenvalue weighted by atomic mass is 19.1. The summed E-state index contributed by atoms with van der Waals surface area (Å²) in [6.07, 6.45) is 7.30. The Morgan fingerprint density at radius 3 is 2.80 bits per heavy atom. The Kier molecular flexibility index (Phi) is 5.00. The zero-order valence-electron chi connectivity index (χ0n) is 12.4. The molecule has 3 heteroatoms. The second kappa shape index (κ2) is 6.74. The lowest BCUT2D eigenvalue weighted by atomic mass is 9.97. The molecule has 1 saturated carbocycles. The van der Waals surface area contributed by atoms with Gasteiger partial charge in [-0.15, -0.1) is 0 Å². The fraction of sp³-hybridized carbons (Fsp3) is 0.588. The summed E-state index contributed by atoms with van der Waals surface area (Å²) in [5, 5.41) is 12.4. The molecule has 1 fully saturated rings. The van der Waals surface area contributed by atoms with Gasteiger partial charge in [-0.2, -0.15) is 5.26 Å². The van der Waals surface area contributed by atoms with E-state index in [2.05, 4.69) is 12.2 Å². The van der Waals surface area contributed by atoms with Gasteiger partial charge in [0.2, 0.25) is 0 Å². The van der Waals surface area contributed by atoms with Crippen molar-refractivity contribution in [2.75, 3.05) is 5.32 Å². The van der Waals surface area contributed by atoms with Gasteiger partial charge in [0, 0.05) is 17.3 Å². The Morgan fingerprint density at radius 1 is 1.30 bits per heavy atom. The van der Waals surface area contributed by atoms with Crippen LogP contribution in [-0.4, -0.2) is 6.04 Å². The van der Waals surface area contributed by atoms with E-state index in [1.54, 1.807) is 13.0 Å². The van der Waals surface area contributed by atoms with Crippen molar-refractivity contribution < 1.29 is 4.39 Å². The van der Waals surface area contributed by atoms with Gasteiger partial charge < -0.3 is 5.32 Å². The number of halogens is 1. The molecule has 0 spiro atoms. The summed E-state index contributed by atoms with van der Waals surface area (Å²) in [5.74, 6) is 0.539. The second-order valence-electron chi connectivity index (χ2n) is 5.87. The molecule has 2 unspecified atom stereocenters. The van der Waals surface area contributed by atoms with Crippen LogP contribution in [0.1, 0.15) is 56.6 Å². The average molecular weight is 274 g/mol. The minimum atomic E-state index is -0.299. The third-order valence-corrected chi connectivity index (χ3v) is 4.50. The molecule has 0 saturated heterocycles. The molecule has 1 N–H and O–H groups in total. The van der Waals surface area contributed by atoms with E-state index in [1.807, 2.05) is 6.07 Å². The highest BCUT2D eigenvalue weighted by Crippen LogP contribution is 2.29. The minimum Gasteiger partial charge on any atom is -0.382 e. The number of hydrogen-bond acceptors (Lipinski definition) is 2. The predicted molar refractivity (Wildman–Crippen MR) is 80.1 cm³/mol. The molecule has 0 bridgehead atoms. The Bertz CT molecular complexity index is 504. The van der Waals surface area contributed by atoms with E-state index in [0.717, 1.165) is 24.4 Å². The summed E-state index contributed by atoms with van der Waals surface area (Å²) in [6, 6.07) is 5.49. The van der Waals surface area contributed by atoms with Crippen LogP contribution in [0.5, 0.6) is 0 Å². The molecule has 2 nitrogen and oxygen atoms in total. The number of benzene rings is 1. The molecular formula is C17H23FN2. The maximum atomic E-state index is 13.8. The van der Waals surface area contributed by atoms with Gasteiger partial charge in [-0.1, -0.05) is 26.2 Å². The molecule has 0 heterocycles. The van der Waals surface area contributed by atoms with Crippen molar-refractivity contribution in [2.24, 2.45) is 5.92 Å². The van der Waals surface area contributed by atoms with E-state index in [-0.39, 0.29) is 5.82 Å². The molecule has 1 aliphatic rings. The maximum absolute atomic E-state index is 13.8. The van der Waals surface area contributed by atoms with Gasteiger partial charge in [0.25, 0.3) is 0 Å². The van der Waals surface area contributed by atoms with Crippen molar-refractivity contribution in [3.63, 3.8) is 0 Å². The van der Waals surface area contributed by atoms with Gasteiger partial charge in [0.15, 0.2) is 0 Å². The summed E-state index contributed by atoms with van der Waals surface area (Å²) in [5.41, 5.74) is 1.78. The molecule has 1 aromatic rings. The van der Waals surface area contributed by atoms with Crippen molar-refractivity contribution in [1.29, 1.82) is 5.26 Å². The zero-order valence-corrected chi connectivity index (χ0v) is 12.4. The van der Waals surface area contributed by atoms with Crippen LogP contribution in [0, 0.1) is 30.0 Å². The largest absolute Gasteiger partial charge is 0.382 e. The van der Waals surface area contributed by atoms with Crippen LogP contribution in [0.3, 0.4) is 0 Å². The first-order chi connectivity index (χ1) is 9.63. The quantitative estimate of drug-likeness (QED) is 0.805. The summed E-state index contributed by atoms with van der Waals surface area (Å²) >= 11 is 0. The molecule has 20 heavy (non-hydrogen) atoms. The molecule has 0 amide bonds. The standard InChI is InChI=1S/C17H23FN2/c1-3-13-5-4-6-15(8-7-13)20-17-10-14(11-19)9-16(18)12(17)2/h9-10,13,15,20H,3-8H2,1-2H3. The topological polar surface area (TPSA) is 35.8 Å². The third kappa shape index (κ3) is 3.50. The van der Waals surface area contributed by atoms with Crippen LogP contribution >= 0.6 is 0 Å². The van der Waals surface area contributed by atoms with Crippen LogP contribution < -0.4 is 5.32 Å². The van der Waals surface area contributed by atoms with Crippen molar-refractivity contribution in [2.45, 2.75) is 58.4 Å². The zero-order chi connectivity index (χ0) is 14.5. The van der Waals surface area contributed by atoms with Crippen LogP contribution in [0.2, 0.25) is 0 Å². The average Bonchev–Trinajstić information content (AvgIpc) is 2.68. The van der Waals surface area contributed by atoms with E-state index in [9.17, 15) is 4.39 Å². The molecule has 0 aliphatic heterocycles. The molecular weight excluding hydrogens is 251 g/mol. The number of anilines is 1. The fourth-order valence-corrected chi connectivity index (χ4v) is 3.04. The lowest BCUT2D eigenvalue weighted by Crippen LogP contribution is -2.19. The summed E-state index contributed by atoms with van der Waals surface area (Å²) in [4.78, 5) is 0. The van der Waals surface area contributed by atoms with Crippen LogP contribution in [0.15, 0.2) is 12.1 Å². The van der Waals surface area contributed by atoms with Gasteiger partial charge in [0.05, 0.1) is 11.6 Å². The maximum Gasteiger partial charge on any atom is 0.129 e. The lowest BCUT2D eigenvalue weighted by molar-refractivity contribution is 0.444. The van der Waals surface area contributed by atoms with E-state index in [4.69, 9.17) is 5.26 Å². The van der Waals surface area contributed by atoms with Crippen molar-refractivity contribution in [3.8, 4) is 6.07 Å². The highest BCUT2D eigenvalue weighted by Gasteiger charge is 2.18. The molecule has 2 atom stereocenters. The Balaban J connectivity index is 2.10. The Hall–Kier alpha value is -1.56. The Morgan fingerprint density at radius 2 is 2.10 bits per heavy atom. The van der Waals surface area contributed by atoms with Gasteiger partial charge in [-0.05, 0) is 44.2 Å². The van der Waals surface area contributed by atoms with E-state index in [1.165, 1.54) is 31.7 Å². The molecule has 0 radical (unpaired) electrons. The highest BCUT2D eigenvalue weighted by molar-refractivity contribution is 5.56. The number of hydrogen-bond donors (Lipinski definition) is 1. The van der Waals surface area contributed by atoms with Crippen LogP contribution in [-0.2, 0) is 0 Å². The normalized spacial score (nSPS) is 22.9.